The van der Waals surface area contributed by atoms with Crippen LogP contribution in [0, 0.1) is 0 Å². The molecule has 0 bridgehead atoms. The number of amidine groups is 1. The van der Waals surface area contributed by atoms with Gasteiger partial charge in [0.15, 0.2) is 35.3 Å². The molecule has 1 aliphatic carbocycles. The number of ether oxygens (including phenoxy) is 2. The minimum atomic E-state index is -5.01. The number of hydrogen-bond donors (Lipinski definition) is 5. The average Bonchev–Trinajstić information content (AvgIpc) is 3.78. The topological polar surface area (TPSA) is 262 Å². The van der Waals surface area contributed by atoms with Gasteiger partial charge in [-0.25, -0.2) is 24.5 Å². The van der Waals surface area contributed by atoms with Gasteiger partial charge in [0, 0.05) is 31.2 Å². The van der Waals surface area contributed by atoms with E-state index in [0.29, 0.717) is 16.8 Å². The molecule has 50 heavy (non-hydrogen) atoms. The molecule has 3 aromatic heterocycles. The third-order valence-electron chi connectivity index (χ3n) is 9.62. The lowest BCUT2D eigenvalue weighted by Crippen LogP contribution is -2.55. The van der Waals surface area contributed by atoms with Gasteiger partial charge in [-0.1, -0.05) is 0 Å². The van der Waals surface area contributed by atoms with Gasteiger partial charge < -0.3 is 39.3 Å². The van der Waals surface area contributed by atoms with Crippen LogP contribution in [-0.4, -0.2) is 139 Å². The molecular formula is C25H26N10O12P2S. The number of carbonyl (C=O) groups is 1. The second kappa shape index (κ2) is 10.6. The second-order valence-corrected chi connectivity index (χ2v) is 16.7. The van der Waals surface area contributed by atoms with Crippen molar-refractivity contribution in [1.29, 1.82) is 0 Å². The number of nitrogens with zero attached hydrogens (tertiary/aromatic N) is 9. The van der Waals surface area contributed by atoms with Crippen molar-refractivity contribution in [3.63, 3.8) is 0 Å². The Morgan fingerprint density at radius 1 is 1.04 bits per heavy atom. The molecule has 13 atom stereocenters. The summed E-state index contributed by atoms with van der Waals surface area (Å²) in [4.78, 5) is 59.8. The monoisotopic (exact) mass is 752 g/mol. The molecule has 6 unspecified atom stereocenters. The molecule has 0 aromatic carbocycles. The highest BCUT2D eigenvalue weighted by Crippen LogP contribution is 2.64. The van der Waals surface area contributed by atoms with Gasteiger partial charge in [-0.15, -0.1) is 0 Å². The zero-order valence-electron chi connectivity index (χ0n) is 25.1. The molecular weight excluding hydrogens is 726 g/mol. The summed E-state index contributed by atoms with van der Waals surface area (Å²) in [6.07, 6.45) is -1.48. The third-order valence-corrected chi connectivity index (χ3v) is 12.2. The smallest absolute Gasteiger partial charge is 0.386 e. The molecule has 0 radical (unpaired) electrons. The van der Waals surface area contributed by atoms with Crippen molar-refractivity contribution >= 4 is 61.2 Å². The van der Waals surface area contributed by atoms with Crippen LogP contribution in [-0.2, 0) is 48.7 Å². The number of hydrogen-bond acceptors (Lipinski definition) is 18. The van der Waals surface area contributed by atoms with E-state index in [0.717, 1.165) is 0 Å². The van der Waals surface area contributed by atoms with Crippen LogP contribution in [0.15, 0.2) is 47.4 Å². The maximum Gasteiger partial charge on any atom is 0.473 e. The van der Waals surface area contributed by atoms with Crippen LogP contribution in [0.5, 0.6) is 0 Å². The minimum Gasteiger partial charge on any atom is -0.386 e. The summed E-state index contributed by atoms with van der Waals surface area (Å²) in [5.41, 5.74) is -0.412. The van der Waals surface area contributed by atoms with E-state index in [1.807, 2.05) is 0 Å². The Kier molecular flexibility index (Phi) is 6.69. The van der Waals surface area contributed by atoms with E-state index in [-0.39, 0.29) is 18.2 Å². The Morgan fingerprint density at radius 2 is 1.90 bits per heavy atom. The zero-order valence-corrected chi connectivity index (χ0v) is 27.7. The van der Waals surface area contributed by atoms with Crippen molar-refractivity contribution in [3.05, 3.63) is 37.4 Å². The number of nitrogens with one attached hydrogen (secondary N) is 1. The van der Waals surface area contributed by atoms with Crippen LogP contribution in [0.1, 0.15) is 12.6 Å². The van der Waals surface area contributed by atoms with Crippen LogP contribution in [0.4, 0.5) is 0 Å². The zero-order chi connectivity index (χ0) is 34.3. The quantitative estimate of drug-likeness (QED) is 0.178. The lowest BCUT2D eigenvalue weighted by Gasteiger charge is -2.33. The fourth-order valence-electron chi connectivity index (χ4n) is 7.23. The summed E-state index contributed by atoms with van der Waals surface area (Å²) in [6.45, 7) is -4.80. The van der Waals surface area contributed by atoms with E-state index in [2.05, 4.69) is 30.3 Å². The molecule has 1 amide bonds. The van der Waals surface area contributed by atoms with Gasteiger partial charge in [0.25, 0.3) is 5.91 Å². The summed E-state index contributed by atoms with van der Waals surface area (Å²) in [5.74, 6) is -0.175. The first-order valence-corrected chi connectivity index (χ1v) is 19.3. The van der Waals surface area contributed by atoms with Crippen molar-refractivity contribution in [2.75, 3.05) is 6.61 Å². The molecule has 3 aromatic rings. The van der Waals surface area contributed by atoms with Crippen LogP contribution in [0.3, 0.4) is 0 Å². The van der Waals surface area contributed by atoms with Crippen molar-refractivity contribution < 1.29 is 56.9 Å². The van der Waals surface area contributed by atoms with E-state index < -0.39 is 88.2 Å². The van der Waals surface area contributed by atoms with Gasteiger partial charge in [0.2, 0.25) is 6.29 Å². The predicted octanol–water partition coefficient (Wildman–Crippen LogP) is -1.99. The first kappa shape index (κ1) is 31.5. The molecule has 1 saturated carbocycles. The summed E-state index contributed by atoms with van der Waals surface area (Å²) in [6, 6.07) is -1.00. The summed E-state index contributed by atoms with van der Waals surface area (Å²) < 4.78 is 51.5. The number of fused-ring (bicyclic) bond motifs is 6. The summed E-state index contributed by atoms with van der Waals surface area (Å²) in [5, 5.41) is 25.9. The van der Waals surface area contributed by atoms with Crippen LogP contribution < -0.4 is 5.32 Å². The van der Waals surface area contributed by atoms with Gasteiger partial charge in [-0.2, -0.15) is 0 Å². The second-order valence-electron chi connectivity index (χ2n) is 12.5. The van der Waals surface area contributed by atoms with E-state index in [1.165, 1.54) is 33.4 Å². The highest BCUT2D eigenvalue weighted by atomic mass is 32.5. The van der Waals surface area contributed by atoms with Crippen LogP contribution in [0.25, 0.3) is 16.8 Å². The molecule has 4 fully saturated rings. The fourth-order valence-corrected chi connectivity index (χ4v) is 9.87. The number of aliphatic imine (C=N–C) groups is 2. The first-order chi connectivity index (χ1) is 23.9. The molecule has 3 saturated heterocycles. The van der Waals surface area contributed by atoms with E-state index in [9.17, 15) is 29.4 Å². The number of amides is 1. The van der Waals surface area contributed by atoms with Gasteiger partial charge in [0.05, 0.1) is 19.3 Å². The molecule has 22 nitrogen and oxygen atoms in total. The van der Waals surface area contributed by atoms with Crippen molar-refractivity contribution in [3.8, 4) is 0 Å². The summed E-state index contributed by atoms with van der Waals surface area (Å²) >= 11 is 5.33. The number of imidazole rings is 2. The van der Waals surface area contributed by atoms with E-state index in [1.54, 1.807) is 29.2 Å². The maximum atomic E-state index is 13.5. The summed E-state index contributed by atoms with van der Waals surface area (Å²) in [7, 11) is -5.01. The SMILES string of the molecule is O=C1C2N=CN([C@@H]3O[C@@]45CC4OP(=O)(O)O[C@@H]4C(COP(O)(=S)O[C@H]5[C@H]3O)O[C@@H](n3cnc5c3ncn3ccnc53)[C@@H]4O)C2=NC2NC=CN12. The number of carbonyl (C=O) groups excluding carboxylic acids is 1. The van der Waals surface area contributed by atoms with Gasteiger partial charge in [0.1, 0.15) is 54.4 Å². The van der Waals surface area contributed by atoms with Crippen LogP contribution in [0.2, 0.25) is 0 Å². The normalized spacial score (nSPS) is 45.0. The fraction of sp³-hybridized carbons (Fsp3) is 0.520. The van der Waals surface area contributed by atoms with Crippen molar-refractivity contribution in [2.45, 2.75) is 73.4 Å². The largest absolute Gasteiger partial charge is 0.473 e. The minimum absolute atomic E-state index is 0.0963. The van der Waals surface area contributed by atoms with E-state index in [4.69, 9.17) is 39.4 Å². The molecule has 10 rings (SSSR count). The van der Waals surface area contributed by atoms with Gasteiger partial charge in [-0.3, -0.25) is 42.1 Å². The molecule has 25 heteroatoms. The Labute approximate surface area is 284 Å². The maximum absolute atomic E-state index is 13.5. The van der Waals surface area contributed by atoms with Crippen molar-refractivity contribution in [2.24, 2.45) is 9.98 Å². The molecule has 9 heterocycles. The van der Waals surface area contributed by atoms with Gasteiger partial charge in [-0.05, 0) is 11.8 Å². The lowest BCUT2D eigenvalue weighted by atomic mass is 10.1. The van der Waals surface area contributed by atoms with Crippen molar-refractivity contribution in [1.82, 2.24) is 39.0 Å². The number of phosphoric acid groups is 1. The highest BCUT2D eigenvalue weighted by molar-refractivity contribution is 8.07. The van der Waals surface area contributed by atoms with E-state index >= 15 is 0 Å². The Balaban J connectivity index is 0.936. The molecule has 7 aliphatic rings. The third kappa shape index (κ3) is 4.57. The Bertz CT molecular complexity index is 2150. The predicted molar refractivity (Wildman–Crippen MR) is 166 cm³/mol. The Hall–Kier alpha value is -3.28. The molecule has 5 N–H and O–H groups in total. The van der Waals surface area contributed by atoms with Gasteiger partial charge >= 0.3 is 14.5 Å². The average molecular weight is 753 g/mol. The number of rotatable bonds is 2. The first-order valence-electron chi connectivity index (χ1n) is 15.3. The number of aliphatic hydroxyl groups is 2. The number of phosphoric ester groups is 1. The highest BCUT2D eigenvalue weighted by Gasteiger charge is 2.74. The standard InChI is InChI=1S/C25H26N10O12P2S/c36-14-16-10(43-22(14)34-8-28-12-18-26-1-3-32(18)7-30-19(12)34)6-42-49(41,50)47-17-15(37)23(44-25(17)5-11(25)45-48(39,40)46-16)35-9-29-13-20(35)31-24-27-2-4-33(24)21(13)38/h1-4,7-11,13-17,22-24,27,36-37H,5-6H2,(H,39,40)(H,41,50)/t10?,11?,13?,14-,15-,16-,17+,22-,23-,24?,25+,49?/m1/s1. The number of aromatic nitrogens is 5. The van der Waals surface area contributed by atoms with Crippen LogP contribution >= 0.6 is 14.5 Å². The molecule has 264 valence electrons. The Morgan fingerprint density at radius 3 is 2.76 bits per heavy atom. The number of aliphatic hydroxyl groups excluding tert-OH is 2. The molecule has 6 aliphatic heterocycles. The lowest BCUT2D eigenvalue weighted by molar-refractivity contribution is -0.130. The molecule has 1 spiro atoms.